The van der Waals surface area contributed by atoms with E-state index in [0.29, 0.717) is 10.5 Å². The second kappa shape index (κ2) is 4.95. The smallest absolute Gasteiger partial charge is 0.411 e. The molecule has 0 radical (unpaired) electrons. The Kier molecular flexibility index (Phi) is 3.29. The van der Waals surface area contributed by atoms with Crippen LogP contribution in [0.3, 0.4) is 0 Å². The monoisotopic (exact) mass is 372 g/mol. The molecule has 0 saturated carbocycles. The first-order valence-electron chi connectivity index (χ1n) is 6.01. The molecule has 0 spiro atoms. The highest BCUT2D eigenvalue weighted by Gasteiger charge is 2.39. The molecule has 1 fully saturated rings. The molecular formula is C12H13IN4O2. The highest BCUT2D eigenvalue weighted by atomic mass is 127. The fourth-order valence-corrected chi connectivity index (χ4v) is 3.39. The van der Waals surface area contributed by atoms with Gasteiger partial charge in [-0.05, 0) is 18.6 Å². The predicted octanol–water partition coefficient (Wildman–Crippen LogP) is 2.21. The minimum atomic E-state index is -0.316. The van der Waals surface area contributed by atoms with Crippen molar-refractivity contribution in [1.82, 2.24) is 19.9 Å². The summed E-state index contributed by atoms with van der Waals surface area (Å²) in [5.41, 5.74) is 1.77. The van der Waals surface area contributed by atoms with Crippen molar-refractivity contribution in [3.05, 3.63) is 24.3 Å². The van der Waals surface area contributed by atoms with Crippen molar-refractivity contribution in [2.45, 2.75) is 16.5 Å². The van der Waals surface area contributed by atoms with E-state index in [9.17, 15) is 4.79 Å². The molecule has 3 rings (SSSR count). The van der Waals surface area contributed by atoms with E-state index in [4.69, 9.17) is 4.74 Å². The standard InChI is InChI=1S/C12H13IN4O2/c1-19-12(18)16-7-6-8(13)11(16)17-10-5-3-2-4-9(10)14-15-17/h2-5,8,11H,6-7H2,1H3/t8-,11+/m0/s1. The number of benzene rings is 1. The summed E-state index contributed by atoms with van der Waals surface area (Å²) < 4.78 is 6.95. The van der Waals surface area contributed by atoms with Crippen molar-refractivity contribution in [2.75, 3.05) is 13.7 Å². The first-order chi connectivity index (χ1) is 9.22. The van der Waals surface area contributed by atoms with E-state index in [1.165, 1.54) is 7.11 Å². The number of ether oxygens (including phenoxy) is 1. The Morgan fingerprint density at radius 1 is 1.47 bits per heavy atom. The van der Waals surface area contributed by atoms with E-state index in [-0.39, 0.29) is 12.3 Å². The van der Waals surface area contributed by atoms with Crippen LogP contribution in [0.25, 0.3) is 11.0 Å². The van der Waals surface area contributed by atoms with E-state index in [0.717, 1.165) is 17.5 Å². The molecule has 0 aliphatic carbocycles. The van der Waals surface area contributed by atoms with Gasteiger partial charge in [0.15, 0.2) is 0 Å². The van der Waals surface area contributed by atoms with Gasteiger partial charge in [-0.1, -0.05) is 39.9 Å². The number of rotatable bonds is 1. The number of hydrogen-bond acceptors (Lipinski definition) is 4. The van der Waals surface area contributed by atoms with Crippen LogP contribution in [0.4, 0.5) is 4.79 Å². The predicted molar refractivity (Wildman–Crippen MR) is 78.1 cm³/mol. The van der Waals surface area contributed by atoms with Gasteiger partial charge in [-0.25, -0.2) is 9.48 Å². The van der Waals surface area contributed by atoms with Gasteiger partial charge in [-0.15, -0.1) is 5.10 Å². The number of methoxy groups -OCH3 is 1. The first kappa shape index (κ1) is 12.6. The number of nitrogens with zero attached hydrogens (tertiary/aromatic N) is 4. The topological polar surface area (TPSA) is 60.2 Å². The minimum absolute atomic E-state index is 0.138. The van der Waals surface area contributed by atoms with Crippen LogP contribution >= 0.6 is 22.6 Å². The Morgan fingerprint density at radius 3 is 3.05 bits per heavy atom. The van der Waals surface area contributed by atoms with E-state index < -0.39 is 0 Å². The number of alkyl halides is 1. The lowest BCUT2D eigenvalue weighted by Crippen LogP contribution is -2.36. The third-order valence-corrected chi connectivity index (χ3v) is 4.59. The fourth-order valence-electron chi connectivity index (χ4n) is 2.42. The van der Waals surface area contributed by atoms with Gasteiger partial charge in [-0.2, -0.15) is 0 Å². The minimum Gasteiger partial charge on any atom is -0.453 e. The molecule has 100 valence electrons. The van der Waals surface area contributed by atoms with Crippen molar-refractivity contribution < 1.29 is 9.53 Å². The summed E-state index contributed by atoms with van der Waals surface area (Å²) in [6.45, 7) is 0.680. The van der Waals surface area contributed by atoms with Crippen LogP contribution in [0.15, 0.2) is 24.3 Å². The lowest BCUT2D eigenvalue weighted by atomic mass is 10.3. The Bertz CT molecular complexity index is 615. The molecule has 0 N–H and O–H groups in total. The van der Waals surface area contributed by atoms with Crippen molar-refractivity contribution >= 4 is 39.7 Å². The molecule has 1 aromatic heterocycles. The lowest BCUT2D eigenvalue weighted by Gasteiger charge is -2.25. The number of halogens is 1. The molecule has 1 aromatic carbocycles. The molecule has 1 amide bonds. The highest BCUT2D eigenvalue weighted by molar-refractivity contribution is 14.1. The second-order valence-corrected chi connectivity index (χ2v) is 6.00. The van der Waals surface area contributed by atoms with Crippen LogP contribution in [-0.2, 0) is 4.74 Å². The average molecular weight is 372 g/mol. The van der Waals surface area contributed by atoms with Crippen LogP contribution in [0.1, 0.15) is 12.6 Å². The van der Waals surface area contributed by atoms with E-state index >= 15 is 0 Å². The Morgan fingerprint density at radius 2 is 2.26 bits per heavy atom. The lowest BCUT2D eigenvalue weighted by molar-refractivity contribution is 0.103. The highest BCUT2D eigenvalue weighted by Crippen LogP contribution is 2.34. The summed E-state index contributed by atoms with van der Waals surface area (Å²) >= 11 is 2.35. The zero-order valence-corrected chi connectivity index (χ0v) is 12.5. The molecule has 2 aromatic rings. The summed E-state index contributed by atoms with van der Waals surface area (Å²) in [7, 11) is 1.40. The largest absolute Gasteiger partial charge is 0.453 e. The summed E-state index contributed by atoms with van der Waals surface area (Å²) in [5.74, 6) is 0. The van der Waals surface area contributed by atoms with Gasteiger partial charge in [0.2, 0.25) is 0 Å². The zero-order chi connectivity index (χ0) is 13.4. The van der Waals surface area contributed by atoms with Gasteiger partial charge < -0.3 is 4.74 Å². The quantitative estimate of drug-likeness (QED) is 0.569. The Hall–Kier alpha value is -1.38. The van der Waals surface area contributed by atoms with Crippen molar-refractivity contribution in [3.8, 4) is 0 Å². The van der Waals surface area contributed by atoms with Crippen LogP contribution in [0.2, 0.25) is 0 Å². The second-order valence-electron chi connectivity index (χ2n) is 4.40. The van der Waals surface area contributed by atoms with E-state index in [1.54, 1.807) is 4.90 Å². The SMILES string of the molecule is COC(=O)N1CC[C@H](I)[C@H]1n1nnc2ccccc21. The van der Waals surface area contributed by atoms with Gasteiger partial charge in [0.25, 0.3) is 0 Å². The third kappa shape index (κ3) is 2.05. The van der Waals surface area contributed by atoms with Crippen molar-refractivity contribution in [1.29, 1.82) is 0 Å². The van der Waals surface area contributed by atoms with Crippen LogP contribution in [0.5, 0.6) is 0 Å². The van der Waals surface area contributed by atoms with Crippen molar-refractivity contribution in [2.24, 2.45) is 0 Å². The van der Waals surface area contributed by atoms with Crippen molar-refractivity contribution in [3.63, 3.8) is 0 Å². The van der Waals surface area contributed by atoms with Crippen LogP contribution in [-0.4, -0.2) is 43.6 Å². The van der Waals surface area contributed by atoms with E-state index in [1.807, 2.05) is 28.9 Å². The van der Waals surface area contributed by atoms with Crippen LogP contribution < -0.4 is 0 Å². The number of carbonyl (C=O) groups excluding carboxylic acids is 1. The Balaban J connectivity index is 2.05. The molecule has 6 nitrogen and oxygen atoms in total. The van der Waals surface area contributed by atoms with E-state index in [2.05, 4.69) is 32.9 Å². The molecule has 0 bridgehead atoms. The Labute approximate surface area is 123 Å². The molecule has 2 heterocycles. The number of hydrogen-bond donors (Lipinski definition) is 0. The van der Waals surface area contributed by atoms with Gasteiger partial charge in [0.05, 0.1) is 16.6 Å². The molecule has 2 atom stereocenters. The molecule has 7 heteroatoms. The number of aromatic nitrogens is 3. The number of fused-ring (bicyclic) bond motifs is 1. The number of amides is 1. The molecular weight excluding hydrogens is 359 g/mol. The average Bonchev–Trinajstić information content (AvgIpc) is 3.01. The van der Waals surface area contributed by atoms with Gasteiger partial charge in [0.1, 0.15) is 11.7 Å². The summed E-state index contributed by atoms with van der Waals surface area (Å²) in [4.78, 5) is 13.5. The van der Waals surface area contributed by atoms with Gasteiger partial charge in [-0.3, -0.25) is 4.90 Å². The zero-order valence-electron chi connectivity index (χ0n) is 10.4. The molecule has 19 heavy (non-hydrogen) atoms. The summed E-state index contributed by atoms with van der Waals surface area (Å²) in [5, 5.41) is 8.36. The summed E-state index contributed by atoms with van der Waals surface area (Å²) in [6, 6.07) is 7.75. The fraction of sp³-hybridized carbons (Fsp3) is 0.417. The summed E-state index contributed by atoms with van der Waals surface area (Å²) in [6.07, 6.45) is 0.471. The maximum absolute atomic E-state index is 11.8. The van der Waals surface area contributed by atoms with Gasteiger partial charge >= 0.3 is 6.09 Å². The maximum Gasteiger partial charge on any atom is 0.411 e. The normalized spacial score (nSPS) is 22.9. The van der Waals surface area contributed by atoms with Gasteiger partial charge in [0, 0.05) is 6.54 Å². The van der Waals surface area contributed by atoms with Crippen LogP contribution in [0, 0.1) is 0 Å². The number of carbonyl (C=O) groups is 1. The first-order valence-corrected chi connectivity index (χ1v) is 7.25. The molecule has 1 aliphatic heterocycles. The molecule has 1 aliphatic rings. The maximum atomic E-state index is 11.8. The number of para-hydroxylation sites is 1. The number of likely N-dealkylation sites (tertiary alicyclic amines) is 1. The third-order valence-electron chi connectivity index (χ3n) is 3.33. The molecule has 0 unspecified atom stereocenters. The molecule has 1 saturated heterocycles.